The zero-order valence-electron chi connectivity index (χ0n) is 15.7. The Morgan fingerprint density at radius 1 is 1.38 bits per heavy atom. The predicted octanol–water partition coefficient (Wildman–Crippen LogP) is 1.88. The third kappa shape index (κ3) is 3.23. The highest BCUT2D eigenvalue weighted by Crippen LogP contribution is 2.31. The molecule has 1 saturated heterocycles. The first-order valence-corrected chi connectivity index (χ1v) is 8.99. The van der Waals surface area contributed by atoms with Crippen molar-refractivity contribution >= 4 is 28.6 Å². The van der Waals surface area contributed by atoms with Crippen LogP contribution in [0.25, 0.3) is 11.0 Å². The first-order chi connectivity index (χ1) is 12.5. The average molecular weight is 359 g/mol. The van der Waals surface area contributed by atoms with Crippen molar-refractivity contribution in [1.82, 2.24) is 19.7 Å². The molecule has 0 saturated carbocycles. The number of aromatic nitrogens is 3. The average Bonchev–Trinajstić information content (AvgIpc) is 3.19. The lowest BCUT2D eigenvalue weighted by atomic mass is 10.1. The van der Waals surface area contributed by atoms with Crippen molar-refractivity contribution in [3.05, 3.63) is 17.5 Å². The van der Waals surface area contributed by atoms with E-state index in [0.717, 1.165) is 24.0 Å². The number of nitrogens with zero attached hydrogens (tertiary/aromatic N) is 4. The highest BCUT2D eigenvalue weighted by atomic mass is 16.5. The second kappa shape index (κ2) is 7.31. The van der Waals surface area contributed by atoms with E-state index in [4.69, 9.17) is 4.74 Å². The number of pyridine rings is 1. The molecule has 0 radical (unpaired) electrons. The highest BCUT2D eigenvalue weighted by Gasteiger charge is 2.28. The third-order valence-electron chi connectivity index (χ3n) is 4.71. The molecule has 140 valence electrons. The lowest BCUT2D eigenvalue weighted by Gasteiger charge is -2.19. The molecule has 0 aliphatic carbocycles. The van der Waals surface area contributed by atoms with E-state index in [1.54, 1.807) is 11.6 Å². The van der Waals surface area contributed by atoms with Gasteiger partial charge in [-0.15, -0.1) is 0 Å². The van der Waals surface area contributed by atoms with Gasteiger partial charge in [-0.1, -0.05) is 6.92 Å². The van der Waals surface area contributed by atoms with Crippen molar-refractivity contribution < 1.29 is 14.3 Å². The van der Waals surface area contributed by atoms with E-state index < -0.39 is 5.97 Å². The van der Waals surface area contributed by atoms with Crippen LogP contribution in [0.4, 0.5) is 5.69 Å². The Kier molecular flexibility index (Phi) is 5.11. The second-order valence-corrected chi connectivity index (χ2v) is 6.50. The minimum atomic E-state index is -0.410. The summed E-state index contributed by atoms with van der Waals surface area (Å²) in [6.45, 7) is 7.18. The molecular formula is C18H25N5O3. The van der Waals surface area contributed by atoms with E-state index in [9.17, 15) is 9.59 Å². The van der Waals surface area contributed by atoms with Gasteiger partial charge in [-0.25, -0.2) is 9.78 Å². The Bertz CT molecular complexity index is 845. The smallest absolute Gasteiger partial charge is 0.341 e. The van der Waals surface area contributed by atoms with Crippen LogP contribution in [0.2, 0.25) is 0 Å². The van der Waals surface area contributed by atoms with Crippen LogP contribution in [0.1, 0.15) is 42.7 Å². The van der Waals surface area contributed by atoms with Crippen LogP contribution < -0.4 is 5.32 Å². The molecule has 3 rings (SSSR count). The van der Waals surface area contributed by atoms with Gasteiger partial charge < -0.3 is 15.0 Å². The summed E-state index contributed by atoms with van der Waals surface area (Å²) in [4.78, 5) is 30.6. The highest BCUT2D eigenvalue weighted by molar-refractivity contribution is 6.05. The molecule has 1 amide bonds. The van der Waals surface area contributed by atoms with Gasteiger partial charge >= 0.3 is 5.97 Å². The monoisotopic (exact) mass is 359 g/mol. The number of hydrogen-bond donors (Lipinski definition) is 1. The number of nitrogens with one attached hydrogen (secondary N) is 1. The molecule has 1 aliphatic rings. The van der Waals surface area contributed by atoms with Gasteiger partial charge in [-0.2, -0.15) is 5.10 Å². The Morgan fingerprint density at radius 3 is 2.85 bits per heavy atom. The molecule has 0 aromatic carbocycles. The Labute approximate surface area is 152 Å². The number of anilines is 1. The molecule has 0 bridgehead atoms. The SMILES string of the molecule is CCOC(=O)c1cnc2c(c(C)nn2C)c1NC1CCN(C(=O)CC)C1. The maximum absolute atomic E-state index is 12.4. The molecule has 8 heteroatoms. The van der Waals surface area contributed by atoms with Crippen molar-refractivity contribution in [2.45, 2.75) is 39.7 Å². The normalized spacial score (nSPS) is 16.9. The zero-order valence-corrected chi connectivity index (χ0v) is 15.7. The van der Waals surface area contributed by atoms with Gasteiger partial charge in [-0.3, -0.25) is 9.48 Å². The van der Waals surface area contributed by atoms with E-state index in [1.165, 1.54) is 6.20 Å². The van der Waals surface area contributed by atoms with Gasteiger partial charge in [0.05, 0.1) is 23.4 Å². The van der Waals surface area contributed by atoms with Crippen molar-refractivity contribution in [3.8, 4) is 0 Å². The number of aryl methyl sites for hydroxylation is 2. The largest absolute Gasteiger partial charge is 0.462 e. The summed E-state index contributed by atoms with van der Waals surface area (Å²) in [6, 6.07) is 0.0730. The van der Waals surface area contributed by atoms with E-state index in [1.807, 2.05) is 25.8 Å². The minimum absolute atomic E-state index is 0.0730. The van der Waals surface area contributed by atoms with Crippen LogP contribution in [0, 0.1) is 6.92 Å². The number of carbonyl (C=O) groups is 2. The van der Waals surface area contributed by atoms with E-state index in [0.29, 0.717) is 36.5 Å². The van der Waals surface area contributed by atoms with Crippen molar-refractivity contribution in [3.63, 3.8) is 0 Å². The third-order valence-corrected chi connectivity index (χ3v) is 4.71. The summed E-state index contributed by atoms with van der Waals surface area (Å²) in [7, 11) is 1.83. The molecule has 8 nitrogen and oxygen atoms in total. The molecule has 1 N–H and O–H groups in total. The van der Waals surface area contributed by atoms with Gasteiger partial charge in [0, 0.05) is 38.8 Å². The fourth-order valence-corrected chi connectivity index (χ4v) is 3.46. The summed E-state index contributed by atoms with van der Waals surface area (Å²) < 4.78 is 6.90. The minimum Gasteiger partial charge on any atom is -0.462 e. The van der Waals surface area contributed by atoms with E-state index in [2.05, 4.69) is 15.4 Å². The number of esters is 1. The topological polar surface area (TPSA) is 89.3 Å². The standard InChI is InChI=1S/C18H25N5O3/c1-5-14(24)23-8-7-12(10-23)20-16-13(18(25)26-6-2)9-19-17-15(16)11(3)21-22(17)4/h9,12H,5-8,10H2,1-4H3,(H,19,20). The van der Waals surface area contributed by atoms with Crippen LogP contribution >= 0.6 is 0 Å². The molecule has 1 unspecified atom stereocenters. The van der Waals surface area contributed by atoms with E-state index in [-0.39, 0.29) is 11.9 Å². The van der Waals surface area contributed by atoms with Crippen molar-refractivity contribution in [1.29, 1.82) is 0 Å². The quantitative estimate of drug-likeness (QED) is 0.820. The number of amides is 1. The summed E-state index contributed by atoms with van der Waals surface area (Å²) >= 11 is 0. The zero-order chi connectivity index (χ0) is 18.8. The number of hydrogen-bond acceptors (Lipinski definition) is 6. The molecule has 1 fully saturated rings. The van der Waals surface area contributed by atoms with Gasteiger partial charge in [0.1, 0.15) is 5.56 Å². The maximum atomic E-state index is 12.4. The van der Waals surface area contributed by atoms with E-state index >= 15 is 0 Å². The first kappa shape index (κ1) is 18.2. The van der Waals surface area contributed by atoms with Gasteiger partial charge in [0.15, 0.2) is 5.65 Å². The molecule has 2 aromatic rings. The number of rotatable bonds is 5. The molecule has 1 aliphatic heterocycles. The van der Waals surface area contributed by atoms with Crippen LogP contribution in [0.3, 0.4) is 0 Å². The van der Waals surface area contributed by atoms with Crippen molar-refractivity contribution in [2.24, 2.45) is 7.05 Å². The fraction of sp³-hybridized carbons (Fsp3) is 0.556. The maximum Gasteiger partial charge on any atom is 0.341 e. The van der Waals surface area contributed by atoms with Crippen LogP contribution in [0.15, 0.2) is 6.20 Å². The van der Waals surface area contributed by atoms with Crippen LogP contribution in [0.5, 0.6) is 0 Å². The predicted molar refractivity (Wildman–Crippen MR) is 98.1 cm³/mol. The number of carbonyl (C=O) groups excluding carboxylic acids is 2. The number of ether oxygens (including phenoxy) is 1. The summed E-state index contributed by atoms with van der Waals surface area (Å²) in [6.07, 6.45) is 2.87. The van der Waals surface area contributed by atoms with Crippen molar-refractivity contribution in [2.75, 3.05) is 25.0 Å². The van der Waals surface area contributed by atoms with Gasteiger partial charge in [0.25, 0.3) is 0 Å². The Hall–Kier alpha value is -2.64. The first-order valence-electron chi connectivity index (χ1n) is 8.99. The molecule has 0 spiro atoms. The Balaban J connectivity index is 1.98. The van der Waals surface area contributed by atoms with Gasteiger partial charge in [0.2, 0.25) is 5.91 Å². The molecule has 3 heterocycles. The second-order valence-electron chi connectivity index (χ2n) is 6.50. The summed E-state index contributed by atoms with van der Waals surface area (Å²) in [5.74, 6) is -0.260. The lowest BCUT2D eigenvalue weighted by molar-refractivity contribution is -0.129. The number of fused-ring (bicyclic) bond motifs is 1. The Morgan fingerprint density at radius 2 is 2.15 bits per heavy atom. The van der Waals surface area contributed by atoms with Crippen LogP contribution in [-0.4, -0.2) is 57.3 Å². The molecule has 2 aromatic heterocycles. The summed E-state index contributed by atoms with van der Waals surface area (Å²) in [5, 5.41) is 8.71. The fourth-order valence-electron chi connectivity index (χ4n) is 3.46. The van der Waals surface area contributed by atoms with Crippen LogP contribution in [-0.2, 0) is 16.6 Å². The molecule has 26 heavy (non-hydrogen) atoms. The number of likely N-dealkylation sites (tertiary alicyclic amines) is 1. The molecular weight excluding hydrogens is 334 g/mol. The lowest BCUT2D eigenvalue weighted by Crippen LogP contribution is -2.31. The summed E-state index contributed by atoms with van der Waals surface area (Å²) in [5.41, 5.74) is 2.59. The van der Waals surface area contributed by atoms with Gasteiger partial charge in [-0.05, 0) is 20.3 Å². The molecule has 1 atom stereocenters.